The predicted octanol–water partition coefficient (Wildman–Crippen LogP) is 2.97. The molecule has 2 aliphatic carbocycles. The summed E-state index contributed by atoms with van der Waals surface area (Å²) in [7, 11) is 1.90. The lowest BCUT2D eigenvalue weighted by Gasteiger charge is -2.32. The van der Waals surface area contributed by atoms with E-state index in [1.807, 2.05) is 30.4 Å². The molecule has 3 aliphatic rings. The van der Waals surface area contributed by atoms with Crippen LogP contribution in [-0.2, 0) is 18.3 Å². The van der Waals surface area contributed by atoms with Crippen LogP contribution in [0.2, 0.25) is 0 Å². The van der Waals surface area contributed by atoms with E-state index in [0.29, 0.717) is 11.8 Å². The van der Waals surface area contributed by atoms with E-state index >= 15 is 0 Å². The van der Waals surface area contributed by atoms with Crippen LogP contribution in [0, 0.1) is 17.8 Å². The summed E-state index contributed by atoms with van der Waals surface area (Å²) in [5, 5.41) is 4.24. The molecule has 1 saturated carbocycles. The molecule has 5 nitrogen and oxygen atoms in total. The van der Waals surface area contributed by atoms with E-state index in [-0.39, 0.29) is 11.8 Å². The van der Waals surface area contributed by atoms with Crippen molar-refractivity contribution in [2.45, 2.75) is 25.7 Å². The van der Waals surface area contributed by atoms with Gasteiger partial charge in [-0.15, -0.1) is 0 Å². The Kier molecular flexibility index (Phi) is 3.30. The van der Waals surface area contributed by atoms with Gasteiger partial charge >= 0.3 is 0 Å². The van der Waals surface area contributed by atoms with Crippen molar-refractivity contribution in [3.8, 4) is 11.3 Å². The average molecular weight is 334 g/mol. The first kappa shape index (κ1) is 14.9. The number of fused-ring (bicyclic) bond motifs is 3. The highest BCUT2D eigenvalue weighted by molar-refractivity contribution is 5.96. The van der Waals surface area contributed by atoms with Crippen LogP contribution < -0.4 is 4.90 Å². The van der Waals surface area contributed by atoms with Crippen molar-refractivity contribution < 1.29 is 4.79 Å². The summed E-state index contributed by atoms with van der Waals surface area (Å²) < 4.78 is 1.78. The lowest BCUT2D eigenvalue weighted by atomic mass is 9.91. The van der Waals surface area contributed by atoms with Crippen molar-refractivity contribution >= 4 is 11.7 Å². The Morgan fingerprint density at radius 2 is 2.16 bits per heavy atom. The Bertz CT molecular complexity index is 868. The fraction of sp³-hybridized carbons (Fsp3) is 0.450. The lowest BCUT2D eigenvalue weighted by molar-refractivity contribution is -0.123. The maximum atomic E-state index is 13.2. The first-order valence-corrected chi connectivity index (χ1v) is 9.17. The summed E-state index contributed by atoms with van der Waals surface area (Å²) in [5.74, 6) is 2.32. The minimum Gasteiger partial charge on any atom is -0.296 e. The maximum Gasteiger partial charge on any atom is 0.231 e. The van der Waals surface area contributed by atoms with E-state index in [2.05, 4.69) is 23.3 Å². The van der Waals surface area contributed by atoms with Crippen molar-refractivity contribution in [3.63, 3.8) is 0 Å². The summed E-state index contributed by atoms with van der Waals surface area (Å²) >= 11 is 0. The molecule has 0 N–H and O–H groups in total. The largest absolute Gasteiger partial charge is 0.296 e. The average Bonchev–Trinajstić information content (AvgIpc) is 3.37. The summed E-state index contributed by atoms with van der Waals surface area (Å²) in [4.78, 5) is 20.1. The maximum absolute atomic E-state index is 13.2. The summed E-state index contributed by atoms with van der Waals surface area (Å²) in [6.07, 6.45) is 12.5. The molecule has 25 heavy (non-hydrogen) atoms. The number of carbonyl (C=O) groups is 1. The number of hydrogen-bond donors (Lipinski definition) is 0. The third-order valence-electron chi connectivity index (χ3n) is 5.90. The second-order valence-electron chi connectivity index (χ2n) is 7.56. The van der Waals surface area contributed by atoms with Crippen LogP contribution >= 0.6 is 0 Å². The van der Waals surface area contributed by atoms with Gasteiger partial charge in [0, 0.05) is 31.3 Å². The number of aromatic nitrogens is 3. The molecule has 5 heteroatoms. The molecule has 128 valence electrons. The first-order valence-electron chi connectivity index (χ1n) is 9.17. The Balaban J connectivity index is 1.49. The monoisotopic (exact) mass is 334 g/mol. The van der Waals surface area contributed by atoms with Gasteiger partial charge in [0.15, 0.2) is 0 Å². The van der Waals surface area contributed by atoms with Crippen molar-refractivity contribution in [2.75, 3.05) is 11.4 Å². The number of hydrogen-bond acceptors (Lipinski definition) is 3. The number of anilines is 1. The third kappa shape index (κ3) is 2.41. The topological polar surface area (TPSA) is 51.0 Å². The van der Waals surface area contributed by atoms with Crippen LogP contribution in [0.15, 0.2) is 36.7 Å². The number of pyridine rings is 1. The van der Waals surface area contributed by atoms with E-state index in [1.54, 1.807) is 4.68 Å². The second-order valence-corrected chi connectivity index (χ2v) is 7.56. The SMILES string of the molecule is Cn1cc(-c2ccc3c(n2)N(C(=O)C2CC4C=CC2C4)CCC3)cn1. The molecule has 1 fully saturated rings. The molecule has 5 rings (SSSR count). The standard InChI is InChI=1S/C20H22N4O/c1-23-12-16(11-21-23)18-7-6-14-3-2-8-24(19(14)22-18)20(25)17-10-13-4-5-15(17)9-13/h4-7,11-13,15,17H,2-3,8-10H2,1H3. The molecule has 2 bridgehead atoms. The Hall–Kier alpha value is -2.43. The van der Waals surface area contributed by atoms with Crippen molar-refractivity contribution in [1.29, 1.82) is 0 Å². The number of aryl methyl sites for hydroxylation is 2. The minimum absolute atomic E-state index is 0.143. The van der Waals surface area contributed by atoms with Crippen LogP contribution in [0.4, 0.5) is 5.82 Å². The molecule has 0 spiro atoms. The van der Waals surface area contributed by atoms with Crippen molar-refractivity contribution in [2.24, 2.45) is 24.8 Å². The number of rotatable bonds is 2. The highest BCUT2D eigenvalue weighted by Crippen LogP contribution is 2.45. The van der Waals surface area contributed by atoms with Crippen LogP contribution in [-0.4, -0.2) is 27.2 Å². The van der Waals surface area contributed by atoms with Gasteiger partial charge in [-0.3, -0.25) is 14.4 Å². The summed E-state index contributed by atoms with van der Waals surface area (Å²) in [5.41, 5.74) is 3.07. The van der Waals surface area contributed by atoms with E-state index in [0.717, 1.165) is 49.3 Å². The molecule has 0 aromatic carbocycles. The highest BCUT2D eigenvalue weighted by atomic mass is 16.2. The third-order valence-corrected chi connectivity index (χ3v) is 5.90. The van der Waals surface area contributed by atoms with E-state index in [1.165, 1.54) is 5.56 Å². The van der Waals surface area contributed by atoms with Crippen molar-refractivity contribution in [1.82, 2.24) is 14.8 Å². The quantitative estimate of drug-likeness (QED) is 0.794. The summed E-state index contributed by atoms with van der Waals surface area (Å²) in [6.45, 7) is 0.785. The fourth-order valence-electron chi connectivity index (χ4n) is 4.63. The van der Waals surface area contributed by atoms with Crippen LogP contribution in [0.5, 0.6) is 0 Å². The van der Waals surface area contributed by atoms with Gasteiger partial charge in [-0.05, 0) is 49.1 Å². The predicted molar refractivity (Wildman–Crippen MR) is 96.0 cm³/mol. The fourth-order valence-corrected chi connectivity index (χ4v) is 4.63. The molecule has 1 amide bonds. The molecular weight excluding hydrogens is 312 g/mol. The Morgan fingerprint density at radius 3 is 2.88 bits per heavy atom. The van der Waals surface area contributed by atoms with Crippen LogP contribution in [0.3, 0.4) is 0 Å². The zero-order valence-electron chi connectivity index (χ0n) is 14.4. The smallest absolute Gasteiger partial charge is 0.231 e. The zero-order chi connectivity index (χ0) is 17.0. The van der Waals surface area contributed by atoms with Gasteiger partial charge < -0.3 is 0 Å². The molecular formula is C20H22N4O. The van der Waals surface area contributed by atoms with Gasteiger partial charge in [-0.25, -0.2) is 4.98 Å². The molecule has 3 atom stereocenters. The molecule has 3 heterocycles. The van der Waals surface area contributed by atoms with Gasteiger partial charge in [0.05, 0.1) is 11.9 Å². The van der Waals surface area contributed by atoms with E-state index in [9.17, 15) is 4.79 Å². The van der Waals surface area contributed by atoms with Crippen molar-refractivity contribution in [3.05, 3.63) is 42.2 Å². The highest BCUT2D eigenvalue weighted by Gasteiger charge is 2.42. The number of nitrogens with zero attached hydrogens (tertiary/aromatic N) is 4. The lowest BCUT2D eigenvalue weighted by Crippen LogP contribution is -2.41. The Labute approximate surface area is 147 Å². The zero-order valence-corrected chi connectivity index (χ0v) is 14.4. The van der Waals surface area contributed by atoms with Gasteiger partial charge in [0.2, 0.25) is 5.91 Å². The number of carbonyl (C=O) groups excluding carboxylic acids is 1. The molecule has 1 aliphatic heterocycles. The van der Waals surface area contributed by atoms with E-state index < -0.39 is 0 Å². The Morgan fingerprint density at radius 1 is 1.24 bits per heavy atom. The molecule has 0 radical (unpaired) electrons. The molecule has 0 saturated heterocycles. The summed E-state index contributed by atoms with van der Waals surface area (Å²) in [6, 6.07) is 4.18. The van der Waals surface area contributed by atoms with Crippen LogP contribution in [0.1, 0.15) is 24.8 Å². The normalized spacial score (nSPS) is 26.9. The molecule has 2 aromatic rings. The first-order chi connectivity index (χ1) is 12.2. The van der Waals surface area contributed by atoms with Gasteiger partial charge in [-0.2, -0.15) is 5.10 Å². The van der Waals surface area contributed by atoms with Gasteiger partial charge in [0.1, 0.15) is 5.82 Å². The number of allylic oxidation sites excluding steroid dienone is 2. The second kappa shape index (κ2) is 5.55. The van der Waals surface area contributed by atoms with Gasteiger partial charge in [0.25, 0.3) is 0 Å². The van der Waals surface area contributed by atoms with Gasteiger partial charge in [-0.1, -0.05) is 18.2 Å². The van der Waals surface area contributed by atoms with Crippen LogP contribution in [0.25, 0.3) is 11.3 Å². The van der Waals surface area contributed by atoms with E-state index in [4.69, 9.17) is 4.98 Å². The molecule has 3 unspecified atom stereocenters. The molecule has 2 aromatic heterocycles. The minimum atomic E-state index is 0.143. The number of amides is 1.